The number of amidine groups is 1. The molecular weight excluding hydrogens is 454 g/mol. The number of nitrogens with two attached hydrogens (primary N) is 2. The first-order valence-electron chi connectivity index (χ1n) is 11.6. The minimum absolute atomic E-state index is 0.0559. The Balaban J connectivity index is 1.59. The van der Waals surface area contributed by atoms with E-state index in [-0.39, 0.29) is 52.3 Å². The van der Waals surface area contributed by atoms with Gasteiger partial charge in [-0.2, -0.15) is 5.10 Å². The summed E-state index contributed by atoms with van der Waals surface area (Å²) in [4.78, 5) is 34.7. The Hall–Kier alpha value is -3.77. The van der Waals surface area contributed by atoms with Crippen LogP contribution >= 0.6 is 0 Å². The summed E-state index contributed by atoms with van der Waals surface area (Å²) in [5, 5.41) is 12.0. The van der Waals surface area contributed by atoms with Crippen molar-refractivity contribution in [2.45, 2.75) is 58.8 Å². The number of carbonyl (C=O) groups excluding carboxylic acids is 2. The largest absolute Gasteiger partial charge is 0.449 e. The van der Waals surface area contributed by atoms with E-state index in [9.17, 15) is 9.59 Å². The second-order valence-corrected chi connectivity index (χ2v) is 9.35. The Morgan fingerprint density at radius 1 is 1.29 bits per heavy atom. The van der Waals surface area contributed by atoms with Gasteiger partial charge in [0, 0.05) is 24.4 Å². The van der Waals surface area contributed by atoms with Gasteiger partial charge in [-0.1, -0.05) is 34.1 Å². The molecule has 13 nitrogen and oxygen atoms in total. The minimum Gasteiger partial charge on any atom is -0.449 e. The normalized spacial score (nSPS) is 15.2. The maximum absolute atomic E-state index is 12.6. The first-order chi connectivity index (χ1) is 16.6. The average Bonchev–Trinajstić information content (AvgIpc) is 3.33. The Bertz CT molecular complexity index is 1070. The third-order valence-electron chi connectivity index (χ3n) is 5.47. The van der Waals surface area contributed by atoms with Gasteiger partial charge in [0.1, 0.15) is 5.69 Å². The van der Waals surface area contributed by atoms with Gasteiger partial charge in [-0.3, -0.25) is 4.79 Å². The van der Waals surface area contributed by atoms with Crippen LogP contribution in [0.2, 0.25) is 0 Å². The van der Waals surface area contributed by atoms with Crippen molar-refractivity contribution in [1.82, 2.24) is 30.5 Å². The van der Waals surface area contributed by atoms with Crippen LogP contribution in [0.1, 0.15) is 65.0 Å². The van der Waals surface area contributed by atoms with Gasteiger partial charge < -0.3 is 25.5 Å². The molecule has 35 heavy (non-hydrogen) atoms. The van der Waals surface area contributed by atoms with Crippen LogP contribution in [-0.4, -0.2) is 62.6 Å². The molecule has 2 amide bonds. The number of amides is 2. The third-order valence-corrected chi connectivity index (χ3v) is 5.47. The molecule has 0 atom stereocenters. The quantitative estimate of drug-likeness (QED) is 0.225. The molecule has 0 unspecified atom stereocenters. The highest BCUT2D eigenvalue weighted by atomic mass is 16.6. The predicted octanol–water partition coefficient (Wildman–Crippen LogP) is 1.79. The monoisotopic (exact) mass is 487 g/mol. The molecule has 5 N–H and O–H groups in total. The summed E-state index contributed by atoms with van der Waals surface area (Å²) in [7, 11) is 0. The topological polar surface area (TPSA) is 188 Å². The molecule has 1 fully saturated rings. The molecule has 1 saturated heterocycles. The number of hydrogen-bond donors (Lipinski definition) is 3. The van der Waals surface area contributed by atoms with Crippen molar-refractivity contribution < 1.29 is 18.7 Å². The summed E-state index contributed by atoms with van der Waals surface area (Å²) in [5.74, 6) is -0.0167. The standard InChI is InChI=1S/C22H33N9O4/c1-5-6-11-34-21(33)31-9-7-13(8-10-31)18(32)28-27-16(23)14-12-25-17(24)15(26-14)19-29-30-20(35-19)22(2,3)4/h12-13H,5-11H2,1-4H3,(H2,23,27)(H2,24,25)(H,28,32). The van der Waals surface area contributed by atoms with Gasteiger partial charge >= 0.3 is 6.09 Å². The van der Waals surface area contributed by atoms with E-state index in [0.29, 0.717) is 38.4 Å². The second kappa shape index (κ2) is 11.1. The first-order valence-corrected chi connectivity index (χ1v) is 11.6. The lowest BCUT2D eigenvalue weighted by molar-refractivity contribution is -0.126. The van der Waals surface area contributed by atoms with Crippen LogP contribution in [0.3, 0.4) is 0 Å². The third kappa shape index (κ3) is 6.64. The Kier molecular flexibility index (Phi) is 8.20. The number of rotatable bonds is 7. The van der Waals surface area contributed by atoms with Crippen molar-refractivity contribution in [3.63, 3.8) is 0 Å². The lowest BCUT2D eigenvalue weighted by Crippen LogP contribution is -2.42. The fraction of sp³-hybridized carbons (Fsp3) is 0.591. The van der Waals surface area contributed by atoms with Crippen LogP contribution in [0.4, 0.5) is 10.6 Å². The molecule has 0 saturated carbocycles. The molecule has 0 spiro atoms. The molecule has 2 aromatic rings. The summed E-state index contributed by atoms with van der Waals surface area (Å²) in [5.41, 5.74) is 14.4. The molecule has 0 radical (unpaired) electrons. The number of likely N-dealkylation sites (tertiary alicyclic amines) is 1. The molecule has 190 valence electrons. The van der Waals surface area contributed by atoms with Crippen LogP contribution in [0, 0.1) is 5.92 Å². The molecule has 0 aliphatic carbocycles. The molecule has 0 aromatic carbocycles. The fourth-order valence-corrected chi connectivity index (χ4v) is 3.28. The number of ether oxygens (including phenoxy) is 1. The fourth-order valence-electron chi connectivity index (χ4n) is 3.28. The highest BCUT2D eigenvalue weighted by molar-refractivity contribution is 5.96. The Morgan fingerprint density at radius 3 is 2.63 bits per heavy atom. The zero-order valence-corrected chi connectivity index (χ0v) is 20.6. The smallest absolute Gasteiger partial charge is 0.409 e. The van der Waals surface area contributed by atoms with E-state index in [1.54, 1.807) is 4.90 Å². The number of nitrogen functional groups attached to an aromatic ring is 1. The molecule has 0 bridgehead atoms. The maximum Gasteiger partial charge on any atom is 0.409 e. The molecule has 3 rings (SSSR count). The average molecular weight is 488 g/mol. The van der Waals surface area contributed by atoms with Crippen molar-refractivity contribution >= 4 is 23.7 Å². The van der Waals surface area contributed by atoms with E-state index < -0.39 is 0 Å². The molecule has 13 heteroatoms. The molecule has 2 aromatic heterocycles. The van der Waals surface area contributed by atoms with Gasteiger partial charge in [0.05, 0.1) is 12.8 Å². The van der Waals surface area contributed by atoms with Crippen LogP contribution < -0.4 is 16.9 Å². The number of carbonyl (C=O) groups is 2. The zero-order chi connectivity index (χ0) is 25.6. The van der Waals surface area contributed by atoms with Crippen molar-refractivity contribution in [3.8, 4) is 11.6 Å². The number of aromatic nitrogens is 4. The Labute approximate surface area is 203 Å². The van der Waals surface area contributed by atoms with Crippen molar-refractivity contribution in [2.24, 2.45) is 16.8 Å². The van der Waals surface area contributed by atoms with Crippen molar-refractivity contribution in [3.05, 3.63) is 17.8 Å². The van der Waals surface area contributed by atoms with Gasteiger partial charge in [0.15, 0.2) is 17.3 Å². The SMILES string of the molecule is CCCCOC(=O)N1CCC(C(=O)N/N=C(\N)c2cnc(N)c(-c3nnc(C(C)(C)C)o3)n2)CC1. The summed E-state index contributed by atoms with van der Waals surface area (Å²) in [6.45, 7) is 9.13. The highest BCUT2D eigenvalue weighted by Gasteiger charge is 2.28. The number of piperidine rings is 1. The lowest BCUT2D eigenvalue weighted by Gasteiger charge is -2.30. The summed E-state index contributed by atoms with van der Waals surface area (Å²) in [6, 6.07) is 0. The van der Waals surface area contributed by atoms with Crippen molar-refractivity contribution in [1.29, 1.82) is 0 Å². The molecule has 1 aliphatic heterocycles. The number of hydrogen-bond acceptors (Lipinski definition) is 10. The molecule has 1 aliphatic rings. The van der Waals surface area contributed by atoms with Crippen LogP contribution in [0.15, 0.2) is 15.7 Å². The predicted molar refractivity (Wildman–Crippen MR) is 128 cm³/mol. The number of unbranched alkanes of at least 4 members (excludes halogenated alkanes) is 1. The van der Waals surface area contributed by atoms with E-state index in [0.717, 1.165) is 12.8 Å². The maximum atomic E-state index is 12.6. The number of hydrazone groups is 1. The van der Waals surface area contributed by atoms with E-state index in [1.807, 2.05) is 27.7 Å². The number of nitrogens with one attached hydrogen (secondary N) is 1. The van der Waals surface area contributed by atoms with Gasteiger partial charge in [0.2, 0.25) is 11.8 Å². The Morgan fingerprint density at radius 2 is 2.00 bits per heavy atom. The lowest BCUT2D eigenvalue weighted by atomic mass is 9.96. The minimum atomic E-state index is -0.346. The molecule has 3 heterocycles. The summed E-state index contributed by atoms with van der Waals surface area (Å²) in [6.07, 6.45) is 3.79. The second-order valence-electron chi connectivity index (χ2n) is 9.35. The van der Waals surface area contributed by atoms with Gasteiger partial charge in [0.25, 0.3) is 5.89 Å². The summed E-state index contributed by atoms with van der Waals surface area (Å²) < 4.78 is 10.9. The number of anilines is 1. The number of nitrogens with zero attached hydrogens (tertiary/aromatic N) is 6. The molecular formula is C22H33N9O4. The van der Waals surface area contributed by atoms with Crippen LogP contribution in [0.5, 0.6) is 0 Å². The summed E-state index contributed by atoms with van der Waals surface area (Å²) >= 11 is 0. The first kappa shape index (κ1) is 25.8. The van der Waals surface area contributed by atoms with Crippen LogP contribution in [-0.2, 0) is 14.9 Å². The van der Waals surface area contributed by atoms with Crippen molar-refractivity contribution in [2.75, 3.05) is 25.4 Å². The van der Waals surface area contributed by atoms with E-state index in [2.05, 4.69) is 30.7 Å². The van der Waals surface area contributed by atoms with E-state index >= 15 is 0 Å². The van der Waals surface area contributed by atoms with E-state index in [1.165, 1.54) is 6.20 Å². The van der Waals surface area contributed by atoms with Crippen LogP contribution in [0.25, 0.3) is 11.6 Å². The van der Waals surface area contributed by atoms with Gasteiger partial charge in [-0.05, 0) is 19.3 Å². The van der Waals surface area contributed by atoms with Gasteiger partial charge in [-0.15, -0.1) is 10.2 Å². The van der Waals surface area contributed by atoms with E-state index in [4.69, 9.17) is 20.6 Å². The highest BCUT2D eigenvalue weighted by Crippen LogP contribution is 2.26. The zero-order valence-electron chi connectivity index (χ0n) is 20.6. The van der Waals surface area contributed by atoms with Gasteiger partial charge in [-0.25, -0.2) is 20.2 Å².